The number of nitrogens with zero attached hydrogens (tertiary/aromatic N) is 2. The van der Waals surface area contributed by atoms with Gasteiger partial charge in [0.15, 0.2) is 0 Å². The van der Waals surface area contributed by atoms with Gasteiger partial charge in [0.2, 0.25) is 0 Å². The van der Waals surface area contributed by atoms with E-state index in [1.165, 1.54) is 25.5 Å². The van der Waals surface area contributed by atoms with E-state index in [2.05, 4.69) is 9.88 Å². The van der Waals surface area contributed by atoms with E-state index in [0.717, 1.165) is 32.1 Å². The predicted octanol–water partition coefficient (Wildman–Crippen LogP) is 2.47. The Balaban J connectivity index is 1.45. The smallest absolute Gasteiger partial charge is 0.270 e. The van der Waals surface area contributed by atoms with Crippen molar-refractivity contribution in [1.82, 2.24) is 14.8 Å². The molecule has 1 aliphatic heterocycles. The van der Waals surface area contributed by atoms with Crippen molar-refractivity contribution in [1.29, 1.82) is 0 Å². The molecule has 2 heterocycles. The minimum Gasteiger partial charge on any atom is -0.350 e. The largest absolute Gasteiger partial charge is 0.350 e. The Morgan fingerprint density at radius 1 is 1.23 bits per heavy atom. The molecular weight excluding hydrogens is 281 g/mol. The first-order chi connectivity index (χ1) is 10.7. The molecule has 1 aliphatic carbocycles. The Morgan fingerprint density at radius 3 is 2.68 bits per heavy atom. The summed E-state index contributed by atoms with van der Waals surface area (Å²) in [5, 5.41) is 0.484. The van der Waals surface area contributed by atoms with Crippen LogP contribution >= 0.6 is 0 Å². The highest BCUT2D eigenvalue weighted by atomic mass is 19.1. The molecule has 0 atom stereocenters. The lowest BCUT2D eigenvalue weighted by Gasteiger charge is -2.34. The highest BCUT2D eigenvalue weighted by Gasteiger charge is 2.28. The van der Waals surface area contributed by atoms with Gasteiger partial charge in [0, 0.05) is 43.6 Å². The van der Waals surface area contributed by atoms with Crippen LogP contribution in [0.5, 0.6) is 0 Å². The van der Waals surface area contributed by atoms with E-state index >= 15 is 0 Å². The van der Waals surface area contributed by atoms with Crippen LogP contribution in [0.25, 0.3) is 10.9 Å². The van der Waals surface area contributed by atoms with Crippen molar-refractivity contribution in [3.63, 3.8) is 0 Å². The molecule has 1 aromatic carbocycles. The van der Waals surface area contributed by atoms with Crippen LogP contribution in [0.4, 0.5) is 4.39 Å². The van der Waals surface area contributed by atoms with Crippen molar-refractivity contribution in [2.24, 2.45) is 5.92 Å². The second-order valence-electron chi connectivity index (χ2n) is 6.42. The number of carbonyl (C=O) groups is 1. The van der Waals surface area contributed by atoms with E-state index in [1.807, 2.05) is 4.90 Å². The van der Waals surface area contributed by atoms with Gasteiger partial charge in [0.05, 0.1) is 0 Å². The van der Waals surface area contributed by atoms with E-state index in [-0.39, 0.29) is 11.7 Å². The van der Waals surface area contributed by atoms with Gasteiger partial charge in [-0.1, -0.05) is 6.07 Å². The summed E-state index contributed by atoms with van der Waals surface area (Å²) in [6, 6.07) is 6.49. The zero-order valence-electron chi connectivity index (χ0n) is 12.5. The Morgan fingerprint density at radius 2 is 2.00 bits per heavy atom. The lowest BCUT2D eigenvalue weighted by atomic mass is 10.2. The number of hydrogen-bond donors (Lipinski definition) is 1. The maximum absolute atomic E-state index is 13.7. The second-order valence-corrected chi connectivity index (χ2v) is 6.42. The summed E-state index contributed by atoms with van der Waals surface area (Å²) in [6.07, 6.45) is 2.72. The molecule has 1 saturated heterocycles. The van der Waals surface area contributed by atoms with Crippen LogP contribution in [-0.4, -0.2) is 53.4 Å². The first kappa shape index (κ1) is 13.8. The van der Waals surface area contributed by atoms with E-state index < -0.39 is 0 Å². The number of fused-ring (bicyclic) bond motifs is 1. The Bertz CT molecular complexity index is 699. The van der Waals surface area contributed by atoms with Crippen LogP contribution in [0.1, 0.15) is 23.3 Å². The first-order valence-electron chi connectivity index (χ1n) is 7.99. The number of hydrogen-bond acceptors (Lipinski definition) is 2. The van der Waals surface area contributed by atoms with E-state index in [0.29, 0.717) is 16.6 Å². The number of aromatic nitrogens is 1. The Hall–Kier alpha value is -1.88. The normalized spacial score (nSPS) is 19.8. The summed E-state index contributed by atoms with van der Waals surface area (Å²) in [6.45, 7) is 4.57. The van der Waals surface area contributed by atoms with Gasteiger partial charge in [-0.3, -0.25) is 9.69 Å². The fourth-order valence-corrected chi connectivity index (χ4v) is 3.20. The number of rotatable bonds is 3. The van der Waals surface area contributed by atoms with Crippen molar-refractivity contribution in [3.05, 3.63) is 35.8 Å². The summed E-state index contributed by atoms with van der Waals surface area (Å²) in [5.74, 6) is 0.572. The molecule has 5 heteroatoms. The van der Waals surface area contributed by atoms with Crippen LogP contribution in [-0.2, 0) is 0 Å². The molecule has 0 unspecified atom stereocenters. The third kappa shape index (κ3) is 2.61. The van der Waals surface area contributed by atoms with Crippen LogP contribution < -0.4 is 0 Å². The van der Waals surface area contributed by atoms with Crippen molar-refractivity contribution in [2.75, 3.05) is 32.7 Å². The Labute approximate surface area is 128 Å². The van der Waals surface area contributed by atoms with Crippen molar-refractivity contribution in [3.8, 4) is 0 Å². The highest BCUT2D eigenvalue weighted by Crippen LogP contribution is 2.30. The van der Waals surface area contributed by atoms with Gasteiger partial charge in [0.25, 0.3) is 5.91 Å². The van der Waals surface area contributed by atoms with Crippen LogP contribution in [0, 0.1) is 11.7 Å². The zero-order chi connectivity index (χ0) is 15.1. The number of piperazine rings is 1. The maximum atomic E-state index is 13.7. The van der Waals surface area contributed by atoms with Gasteiger partial charge in [-0.05, 0) is 37.0 Å². The average Bonchev–Trinajstić information content (AvgIpc) is 3.23. The van der Waals surface area contributed by atoms with Crippen LogP contribution in [0.2, 0.25) is 0 Å². The second kappa shape index (κ2) is 5.39. The first-order valence-corrected chi connectivity index (χ1v) is 7.99. The van der Waals surface area contributed by atoms with Crippen molar-refractivity contribution in [2.45, 2.75) is 12.8 Å². The fourth-order valence-electron chi connectivity index (χ4n) is 3.20. The SMILES string of the molecule is O=C(c1cc2c(F)cccc2[nH]1)N1CCN(CC2CC2)CC1. The average molecular weight is 301 g/mol. The summed E-state index contributed by atoms with van der Waals surface area (Å²) < 4.78 is 13.7. The third-order valence-corrected chi connectivity index (χ3v) is 4.71. The minimum absolute atomic E-state index is 0.0262. The molecule has 1 saturated carbocycles. The van der Waals surface area contributed by atoms with Crippen LogP contribution in [0.15, 0.2) is 24.3 Å². The van der Waals surface area contributed by atoms with E-state index in [1.54, 1.807) is 18.2 Å². The molecule has 1 amide bonds. The molecule has 116 valence electrons. The van der Waals surface area contributed by atoms with E-state index in [4.69, 9.17) is 0 Å². The molecule has 4 nitrogen and oxygen atoms in total. The molecule has 22 heavy (non-hydrogen) atoms. The highest BCUT2D eigenvalue weighted by molar-refractivity contribution is 5.98. The third-order valence-electron chi connectivity index (χ3n) is 4.71. The topological polar surface area (TPSA) is 39.3 Å². The van der Waals surface area contributed by atoms with E-state index in [9.17, 15) is 9.18 Å². The van der Waals surface area contributed by atoms with Crippen molar-refractivity contribution < 1.29 is 9.18 Å². The summed E-state index contributed by atoms with van der Waals surface area (Å²) in [5.41, 5.74) is 1.16. The molecule has 2 fully saturated rings. The predicted molar refractivity (Wildman–Crippen MR) is 83.3 cm³/mol. The van der Waals surface area contributed by atoms with Crippen molar-refractivity contribution >= 4 is 16.8 Å². The van der Waals surface area contributed by atoms with Gasteiger partial charge in [0.1, 0.15) is 11.5 Å². The number of halogens is 1. The molecule has 1 N–H and O–H groups in total. The van der Waals surface area contributed by atoms with Gasteiger partial charge in [-0.25, -0.2) is 4.39 Å². The Kier molecular flexibility index (Phi) is 3.37. The quantitative estimate of drug-likeness (QED) is 0.946. The summed E-state index contributed by atoms with van der Waals surface area (Å²) in [4.78, 5) is 19.9. The number of carbonyl (C=O) groups excluding carboxylic acids is 1. The maximum Gasteiger partial charge on any atom is 0.270 e. The standard InChI is InChI=1S/C17H20FN3O/c18-14-2-1-3-15-13(14)10-16(19-15)17(22)21-8-6-20(7-9-21)11-12-4-5-12/h1-3,10,12,19H,4-9,11H2. The molecule has 1 aromatic heterocycles. The molecule has 2 aromatic rings. The lowest BCUT2D eigenvalue weighted by molar-refractivity contribution is 0.0627. The minimum atomic E-state index is -0.290. The molecular formula is C17H20FN3O. The summed E-state index contributed by atoms with van der Waals surface area (Å²) >= 11 is 0. The monoisotopic (exact) mass is 301 g/mol. The van der Waals surface area contributed by atoms with Gasteiger partial charge < -0.3 is 9.88 Å². The number of H-pyrrole nitrogens is 1. The number of amides is 1. The van der Waals surface area contributed by atoms with Crippen LogP contribution in [0.3, 0.4) is 0 Å². The number of aromatic amines is 1. The molecule has 0 radical (unpaired) electrons. The van der Waals surface area contributed by atoms with Gasteiger partial charge in [-0.15, -0.1) is 0 Å². The molecule has 2 aliphatic rings. The number of nitrogens with one attached hydrogen (secondary N) is 1. The zero-order valence-corrected chi connectivity index (χ0v) is 12.5. The molecule has 0 bridgehead atoms. The van der Waals surface area contributed by atoms with Gasteiger partial charge in [-0.2, -0.15) is 0 Å². The fraction of sp³-hybridized carbons (Fsp3) is 0.471. The summed E-state index contributed by atoms with van der Waals surface area (Å²) in [7, 11) is 0. The number of benzene rings is 1. The van der Waals surface area contributed by atoms with Gasteiger partial charge >= 0.3 is 0 Å². The molecule has 4 rings (SSSR count). The lowest BCUT2D eigenvalue weighted by Crippen LogP contribution is -2.49. The molecule has 0 spiro atoms.